The maximum Gasteiger partial charge on any atom is 0.325 e. The van der Waals surface area contributed by atoms with Gasteiger partial charge in [-0.05, 0) is 36.1 Å². The Balaban J connectivity index is 2.02. The van der Waals surface area contributed by atoms with Crippen molar-refractivity contribution in [1.82, 2.24) is 9.88 Å². The summed E-state index contributed by atoms with van der Waals surface area (Å²) in [7, 11) is 1.69. The fourth-order valence-corrected chi connectivity index (χ4v) is 2.25. The van der Waals surface area contributed by atoms with Crippen molar-refractivity contribution in [3.63, 3.8) is 0 Å². The van der Waals surface area contributed by atoms with Crippen molar-refractivity contribution in [2.45, 2.75) is 20.0 Å². The molecule has 5 heteroatoms. The summed E-state index contributed by atoms with van der Waals surface area (Å²) in [5.74, 6) is -0.208. The molecular formula is C16H22N2O3. The molecule has 21 heavy (non-hydrogen) atoms. The SMILES string of the molecule is CCOC(=O)Cn1ccc2cc(CNCCOC)ccc21. The standard InChI is InChI=1S/C16H22N2O3/c1-3-21-16(19)12-18-8-6-14-10-13(4-5-15(14)18)11-17-7-9-20-2/h4-6,8,10,17H,3,7,9,11-12H2,1-2H3. The number of methoxy groups -OCH3 is 1. The number of hydrogen-bond donors (Lipinski definition) is 1. The van der Waals surface area contributed by atoms with E-state index in [2.05, 4.69) is 17.4 Å². The molecule has 0 aliphatic heterocycles. The largest absolute Gasteiger partial charge is 0.465 e. The first-order chi connectivity index (χ1) is 10.2. The number of fused-ring (bicyclic) bond motifs is 1. The number of esters is 1. The Labute approximate surface area is 124 Å². The van der Waals surface area contributed by atoms with Crippen molar-refractivity contribution >= 4 is 16.9 Å². The normalized spacial score (nSPS) is 11.0. The first-order valence-electron chi connectivity index (χ1n) is 7.17. The highest BCUT2D eigenvalue weighted by Crippen LogP contribution is 2.18. The topological polar surface area (TPSA) is 52.5 Å². The molecule has 0 amide bonds. The summed E-state index contributed by atoms with van der Waals surface area (Å²) in [5.41, 5.74) is 2.26. The van der Waals surface area contributed by atoms with Crippen LogP contribution in [0.25, 0.3) is 10.9 Å². The zero-order valence-electron chi connectivity index (χ0n) is 12.6. The van der Waals surface area contributed by atoms with Crippen molar-refractivity contribution in [3.05, 3.63) is 36.0 Å². The summed E-state index contributed by atoms with van der Waals surface area (Å²) >= 11 is 0. The maximum absolute atomic E-state index is 11.6. The van der Waals surface area contributed by atoms with Crippen molar-refractivity contribution in [2.75, 3.05) is 26.9 Å². The Hall–Kier alpha value is -1.85. The molecule has 2 aromatic rings. The monoisotopic (exact) mass is 290 g/mol. The molecule has 0 unspecified atom stereocenters. The summed E-state index contributed by atoms with van der Waals surface area (Å²) in [6, 6.07) is 8.27. The van der Waals surface area contributed by atoms with Gasteiger partial charge in [-0.1, -0.05) is 6.07 Å². The predicted octanol–water partition coefficient (Wildman–Crippen LogP) is 1.94. The van der Waals surface area contributed by atoms with Crippen LogP contribution in [0.5, 0.6) is 0 Å². The van der Waals surface area contributed by atoms with Gasteiger partial charge >= 0.3 is 5.97 Å². The van der Waals surface area contributed by atoms with E-state index < -0.39 is 0 Å². The van der Waals surface area contributed by atoms with Crippen molar-refractivity contribution < 1.29 is 14.3 Å². The molecule has 0 saturated carbocycles. The van der Waals surface area contributed by atoms with E-state index in [-0.39, 0.29) is 12.5 Å². The van der Waals surface area contributed by atoms with Gasteiger partial charge in [0.15, 0.2) is 0 Å². The number of rotatable bonds is 8. The molecule has 0 radical (unpaired) electrons. The van der Waals surface area contributed by atoms with Crippen LogP contribution < -0.4 is 5.32 Å². The van der Waals surface area contributed by atoms with Gasteiger partial charge in [0, 0.05) is 31.9 Å². The molecule has 1 aromatic heterocycles. The fraction of sp³-hybridized carbons (Fsp3) is 0.438. The highest BCUT2D eigenvalue weighted by Gasteiger charge is 2.07. The van der Waals surface area contributed by atoms with E-state index in [1.165, 1.54) is 5.56 Å². The number of nitrogens with one attached hydrogen (secondary N) is 1. The van der Waals surface area contributed by atoms with Crippen LogP contribution in [-0.2, 0) is 27.4 Å². The fourth-order valence-electron chi connectivity index (χ4n) is 2.25. The summed E-state index contributed by atoms with van der Waals surface area (Å²) in [6.45, 7) is 4.82. The zero-order chi connectivity index (χ0) is 15.1. The Morgan fingerprint density at radius 1 is 1.33 bits per heavy atom. The molecule has 0 aliphatic carbocycles. The van der Waals surface area contributed by atoms with E-state index >= 15 is 0 Å². The minimum absolute atomic E-state index is 0.208. The lowest BCUT2D eigenvalue weighted by molar-refractivity contribution is -0.143. The molecule has 1 aromatic carbocycles. The highest BCUT2D eigenvalue weighted by molar-refractivity contribution is 5.82. The van der Waals surface area contributed by atoms with Crippen LogP contribution in [0.1, 0.15) is 12.5 Å². The molecule has 0 saturated heterocycles. The lowest BCUT2D eigenvalue weighted by Gasteiger charge is -2.07. The van der Waals surface area contributed by atoms with E-state index in [0.29, 0.717) is 13.2 Å². The van der Waals surface area contributed by atoms with Crippen LogP contribution >= 0.6 is 0 Å². The van der Waals surface area contributed by atoms with Crippen LogP contribution in [-0.4, -0.2) is 37.4 Å². The van der Waals surface area contributed by atoms with Crippen LogP contribution in [0.15, 0.2) is 30.5 Å². The van der Waals surface area contributed by atoms with Crippen molar-refractivity contribution in [3.8, 4) is 0 Å². The molecule has 2 rings (SSSR count). The quantitative estimate of drug-likeness (QED) is 0.596. The number of carbonyl (C=O) groups is 1. The molecule has 1 N–H and O–H groups in total. The molecule has 0 fully saturated rings. The van der Waals surface area contributed by atoms with Gasteiger partial charge in [-0.3, -0.25) is 4.79 Å². The number of hydrogen-bond acceptors (Lipinski definition) is 4. The Morgan fingerprint density at radius 3 is 2.95 bits per heavy atom. The number of carbonyl (C=O) groups excluding carboxylic acids is 1. The zero-order valence-corrected chi connectivity index (χ0v) is 12.6. The summed E-state index contributed by atoms with van der Waals surface area (Å²) in [4.78, 5) is 11.6. The summed E-state index contributed by atoms with van der Waals surface area (Å²) < 4.78 is 11.9. The van der Waals surface area contributed by atoms with Gasteiger partial charge < -0.3 is 19.4 Å². The van der Waals surface area contributed by atoms with Crippen LogP contribution in [0.2, 0.25) is 0 Å². The minimum Gasteiger partial charge on any atom is -0.465 e. The first-order valence-corrected chi connectivity index (χ1v) is 7.17. The third-order valence-corrected chi connectivity index (χ3v) is 3.25. The lowest BCUT2D eigenvalue weighted by Crippen LogP contribution is -2.18. The van der Waals surface area contributed by atoms with Gasteiger partial charge in [0.05, 0.1) is 13.2 Å². The van der Waals surface area contributed by atoms with Crippen molar-refractivity contribution in [2.24, 2.45) is 0 Å². The van der Waals surface area contributed by atoms with Gasteiger partial charge in [0.25, 0.3) is 0 Å². The molecule has 5 nitrogen and oxygen atoms in total. The molecule has 0 spiro atoms. The highest BCUT2D eigenvalue weighted by atomic mass is 16.5. The second kappa shape index (κ2) is 7.81. The van der Waals surface area contributed by atoms with Gasteiger partial charge in [0.1, 0.15) is 6.54 Å². The summed E-state index contributed by atoms with van der Waals surface area (Å²) in [6.07, 6.45) is 1.92. The van der Waals surface area contributed by atoms with Gasteiger partial charge in [-0.25, -0.2) is 0 Å². The van der Waals surface area contributed by atoms with E-state index in [0.717, 1.165) is 24.0 Å². The number of benzene rings is 1. The average Bonchev–Trinajstić information content (AvgIpc) is 2.86. The number of ether oxygens (including phenoxy) is 2. The van der Waals surface area contributed by atoms with Crippen LogP contribution in [0, 0.1) is 0 Å². The van der Waals surface area contributed by atoms with Gasteiger partial charge in [-0.15, -0.1) is 0 Å². The lowest BCUT2D eigenvalue weighted by atomic mass is 10.1. The van der Waals surface area contributed by atoms with E-state index in [1.807, 2.05) is 29.8 Å². The first kappa shape index (κ1) is 15.5. The second-order valence-electron chi connectivity index (χ2n) is 4.81. The molecule has 0 bridgehead atoms. The van der Waals surface area contributed by atoms with E-state index in [9.17, 15) is 4.79 Å². The molecule has 0 aliphatic rings. The Morgan fingerprint density at radius 2 is 2.19 bits per heavy atom. The smallest absolute Gasteiger partial charge is 0.325 e. The third-order valence-electron chi connectivity index (χ3n) is 3.25. The summed E-state index contributed by atoms with van der Waals surface area (Å²) in [5, 5.41) is 4.45. The average molecular weight is 290 g/mol. The van der Waals surface area contributed by atoms with Gasteiger partial charge in [-0.2, -0.15) is 0 Å². The van der Waals surface area contributed by atoms with Crippen molar-refractivity contribution in [1.29, 1.82) is 0 Å². The Bertz CT molecular complexity index is 592. The van der Waals surface area contributed by atoms with Crippen LogP contribution in [0.3, 0.4) is 0 Å². The molecule has 0 atom stereocenters. The Kier molecular flexibility index (Phi) is 5.78. The predicted molar refractivity (Wildman–Crippen MR) is 82.2 cm³/mol. The molecule has 114 valence electrons. The maximum atomic E-state index is 11.6. The van der Waals surface area contributed by atoms with E-state index in [1.54, 1.807) is 7.11 Å². The second-order valence-corrected chi connectivity index (χ2v) is 4.81. The van der Waals surface area contributed by atoms with E-state index in [4.69, 9.17) is 9.47 Å². The third kappa shape index (κ3) is 4.31. The molecule has 1 heterocycles. The molecular weight excluding hydrogens is 268 g/mol. The number of aromatic nitrogens is 1. The number of nitrogens with zero attached hydrogens (tertiary/aromatic N) is 1. The minimum atomic E-state index is -0.208. The van der Waals surface area contributed by atoms with Crippen LogP contribution in [0.4, 0.5) is 0 Å². The van der Waals surface area contributed by atoms with Gasteiger partial charge in [0.2, 0.25) is 0 Å².